The molecule has 0 spiro atoms. The van der Waals surface area contributed by atoms with E-state index in [1.54, 1.807) is 0 Å². The average Bonchev–Trinajstić information content (AvgIpc) is 2.60. The quantitative estimate of drug-likeness (QED) is 0.908. The molecule has 5 heteroatoms. The summed E-state index contributed by atoms with van der Waals surface area (Å²) in [6.45, 7) is 8.31. The Kier molecular flexibility index (Phi) is 5.74. The van der Waals surface area contributed by atoms with Crippen LogP contribution in [-0.2, 0) is 4.79 Å². The highest BCUT2D eigenvalue weighted by Crippen LogP contribution is 2.18. The summed E-state index contributed by atoms with van der Waals surface area (Å²) >= 11 is 0. The number of hydrogen-bond donors (Lipinski definition) is 1. The van der Waals surface area contributed by atoms with E-state index < -0.39 is 0 Å². The van der Waals surface area contributed by atoms with Gasteiger partial charge in [0.25, 0.3) is 0 Å². The summed E-state index contributed by atoms with van der Waals surface area (Å²) in [6.07, 6.45) is 1.98. The minimum absolute atomic E-state index is 0.190. The van der Waals surface area contributed by atoms with E-state index in [4.69, 9.17) is 0 Å². The van der Waals surface area contributed by atoms with Gasteiger partial charge in [0.2, 0.25) is 5.91 Å². The zero-order valence-electron chi connectivity index (χ0n) is 14.7. The molecule has 0 saturated carbocycles. The lowest BCUT2D eigenvalue weighted by atomic mass is 10.1. The first-order chi connectivity index (χ1) is 11.6. The van der Waals surface area contributed by atoms with Crippen LogP contribution in [0.3, 0.4) is 0 Å². The Morgan fingerprint density at radius 3 is 2.71 bits per heavy atom. The maximum absolute atomic E-state index is 12.3. The van der Waals surface area contributed by atoms with Crippen molar-refractivity contribution < 1.29 is 9.90 Å². The molecule has 0 aromatic heterocycles. The molecule has 0 radical (unpaired) electrons. The molecule has 0 aliphatic carbocycles. The van der Waals surface area contributed by atoms with Gasteiger partial charge in [-0.15, -0.1) is 0 Å². The predicted octanol–water partition coefficient (Wildman–Crippen LogP) is 1.49. The van der Waals surface area contributed by atoms with Gasteiger partial charge < -0.3 is 14.9 Å². The van der Waals surface area contributed by atoms with E-state index in [-0.39, 0.29) is 12.0 Å². The van der Waals surface area contributed by atoms with Gasteiger partial charge in [-0.1, -0.05) is 12.1 Å². The van der Waals surface area contributed by atoms with Crippen molar-refractivity contribution in [3.8, 4) is 0 Å². The first kappa shape index (κ1) is 17.2. The highest BCUT2D eigenvalue weighted by atomic mass is 16.3. The van der Waals surface area contributed by atoms with Crippen LogP contribution in [0.5, 0.6) is 0 Å². The molecule has 24 heavy (non-hydrogen) atoms. The van der Waals surface area contributed by atoms with Crippen molar-refractivity contribution in [2.75, 3.05) is 50.7 Å². The molecule has 0 unspecified atom stereocenters. The zero-order valence-corrected chi connectivity index (χ0v) is 14.7. The third-order valence-electron chi connectivity index (χ3n) is 5.13. The van der Waals surface area contributed by atoms with E-state index in [0.29, 0.717) is 13.0 Å². The predicted molar refractivity (Wildman–Crippen MR) is 96.3 cm³/mol. The number of benzene rings is 1. The maximum atomic E-state index is 12.3. The molecule has 2 saturated heterocycles. The Morgan fingerprint density at radius 2 is 2.00 bits per heavy atom. The van der Waals surface area contributed by atoms with E-state index in [0.717, 1.165) is 52.1 Å². The van der Waals surface area contributed by atoms with Gasteiger partial charge in [-0.25, -0.2) is 0 Å². The number of piperidine rings is 1. The normalized spacial score (nSPS) is 22.7. The van der Waals surface area contributed by atoms with Crippen molar-refractivity contribution in [2.24, 2.45) is 0 Å². The van der Waals surface area contributed by atoms with Gasteiger partial charge in [0.1, 0.15) is 0 Å². The van der Waals surface area contributed by atoms with Gasteiger partial charge in [-0.3, -0.25) is 9.69 Å². The van der Waals surface area contributed by atoms with Crippen LogP contribution in [0.4, 0.5) is 5.69 Å². The highest BCUT2D eigenvalue weighted by molar-refractivity contribution is 5.76. The van der Waals surface area contributed by atoms with Crippen LogP contribution in [0, 0.1) is 6.92 Å². The lowest BCUT2D eigenvalue weighted by molar-refractivity contribution is -0.134. The highest BCUT2D eigenvalue weighted by Gasteiger charge is 2.23. The van der Waals surface area contributed by atoms with Crippen molar-refractivity contribution in [2.45, 2.75) is 32.3 Å². The second-order valence-corrected chi connectivity index (χ2v) is 7.05. The van der Waals surface area contributed by atoms with Crippen LogP contribution in [0.1, 0.15) is 24.8 Å². The van der Waals surface area contributed by atoms with Gasteiger partial charge in [-0.2, -0.15) is 0 Å². The second-order valence-electron chi connectivity index (χ2n) is 7.05. The average molecular weight is 331 g/mol. The molecule has 3 rings (SSSR count). The van der Waals surface area contributed by atoms with E-state index in [2.05, 4.69) is 41.0 Å². The Hall–Kier alpha value is -1.59. The van der Waals surface area contributed by atoms with Crippen molar-refractivity contribution in [3.63, 3.8) is 0 Å². The molecule has 132 valence electrons. The van der Waals surface area contributed by atoms with Gasteiger partial charge in [0.15, 0.2) is 0 Å². The molecular weight excluding hydrogens is 302 g/mol. The van der Waals surface area contributed by atoms with Gasteiger partial charge in [0.05, 0.1) is 6.10 Å². The smallest absolute Gasteiger partial charge is 0.223 e. The standard InChI is InChI=1S/C19H29N3O2/c1-16-4-2-5-17(14-16)21-12-10-20(11-13-21)9-7-19(24)22-8-3-6-18(23)15-22/h2,4-5,14,18,23H,3,6-13,15H2,1H3/t18-/m0/s1. The third-order valence-corrected chi connectivity index (χ3v) is 5.13. The summed E-state index contributed by atoms with van der Waals surface area (Å²) < 4.78 is 0. The SMILES string of the molecule is Cc1cccc(N2CCN(CCC(=O)N3CCC[C@H](O)C3)CC2)c1. The first-order valence-corrected chi connectivity index (χ1v) is 9.11. The number of rotatable bonds is 4. The molecular formula is C19H29N3O2. The summed E-state index contributed by atoms with van der Waals surface area (Å²) in [4.78, 5) is 18.9. The third kappa shape index (κ3) is 4.48. The molecule has 1 N–H and O–H groups in total. The van der Waals surface area contributed by atoms with Crippen molar-refractivity contribution in [1.82, 2.24) is 9.80 Å². The van der Waals surface area contributed by atoms with Crippen LogP contribution in [-0.4, -0.2) is 72.7 Å². The number of carbonyl (C=O) groups is 1. The Morgan fingerprint density at radius 1 is 1.21 bits per heavy atom. The minimum Gasteiger partial charge on any atom is -0.391 e. The van der Waals surface area contributed by atoms with E-state index in [1.807, 2.05) is 4.90 Å². The number of likely N-dealkylation sites (tertiary alicyclic amines) is 1. The number of hydrogen-bond acceptors (Lipinski definition) is 4. The summed E-state index contributed by atoms with van der Waals surface area (Å²) in [6, 6.07) is 8.65. The van der Waals surface area contributed by atoms with Crippen molar-refractivity contribution in [1.29, 1.82) is 0 Å². The topological polar surface area (TPSA) is 47.0 Å². The molecule has 5 nitrogen and oxygen atoms in total. The number of carbonyl (C=O) groups excluding carboxylic acids is 1. The number of piperazine rings is 1. The fourth-order valence-electron chi connectivity index (χ4n) is 3.65. The number of nitrogens with zero attached hydrogens (tertiary/aromatic N) is 3. The fraction of sp³-hybridized carbons (Fsp3) is 0.632. The number of β-amino-alcohol motifs (C(OH)–C–C–N with tert-alkyl or cyclic N) is 1. The fourth-order valence-corrected chi connectivity index (χ4v) is 3.65. The molecule has 0 bridgehead atoms. The molecule has 2 aliphatic heterocycles. The van der Waals surface area contributed by atoms with Crippen LogP contribution < -0.4 is 4.90 Å². The van der Waals surface area contributed by atoms with Crippen molar-refractivity contribution >= 4 is 11.6 Å². The lowest BCUT2D eigenvalue weighted by Gasteiger charge is -2.36. The largest absolute Gasteiger partial charge is 0.391 e. The van der Waals surface area contributed by atoms with Crippen LogP contribution in [0.25, 0.3) is 0 Å². The monoisotopic (exact) mass is 331 g/mol. The Bertz CT molecular complexity index is 555. The van der Waals surface area contributed by atoms with Gasteiger partial charge in [-0.05, 0) is 37.5 Å². The maximum Gasteiger partial charge on any atom is 0.223 e. The second kappa shape index (κ2) is 7.99. The number of anilines is 1. The van der Waals surface area contributed by atoms with E-state index in [1.165, 1.54) is 11.3 Å². The molecule has 1 amide bonds. The van der Waals surface area contributed by atoms with Gasteiger partial charge in [0, 0.05) is 57.9 Å². The Balaban J connectivity index is 1.41. The van der Waals surface area contributed by atoms with E-state index >= 15 is 0 Å². The van der Waals surface area contributed by atoms with Crippen LogP contribution in [0.2, 0.25) is 0 Å². The number of aryl methyl sites for hydroxylation is 1. The molecule has 2 fully saturated rings. The summed E-state index contributed by atoms with van der Waals surface area (Å²) in [7, 11) is 0. The van der Waals surface area contributed by atoms with Crippen molar-refractivity contribution in [3.05, 3.63) is 29.8 Å². The molecule has 2 aliphatic rings. The van der Waals surface area contributed by atoms with Crippen LogP contribution >= 0.6 is 0 Å². The lowest BCUT2D eigenvalue weighted by Crippen LogP contribution is -2.48. The van der Waals surface area contributed by atoms with E-state index in [9.17, 15) is 9.90 Å². The Labute approximate surface area is 144 Å². The molecule has 2 heterocycles. The molecule has 1 aromatic carbocycles. The summed E-state index contributed by atoms with van der Waals surface area (Å²) in [5.74, 6) is 0.190. The summed E-state index contributed by atoms with van der Waals surface area (Å²) in [5, 5.41) is 9.69. The molecule has 1 atom stereocenters. The summed E-state index contributed by atoms with van der Waals surface area (Å²) in [5.41, 5.74) is 2.59. The number of amides is 1. The zero-order chi connectivity index (χ0) is 16.9. The number of aliphatic hydroxyl groups is 1. The molecule has 1 aromatic rings. The first-order valence-electron chi connectivity index (χ1n) is 9.11. The minimum atomic E-state index is -0.333. The van der Waals surface area contributed by atoms with Gasteiger partial charge >= 0.3 is 0 Å². The van der Waals surface area contributed by atoms with Crippen LogP contribution in [0.15, 0.2) is 24.3 Å². The number of aliphatic hydroxyl groups excluding tert-OH is 1.